The zero-order chi connectivity index (χ0) is 12.8. The van der Waals surface area contributed by atoms with Crippen LogP contribution >= 0.6 is 12.2 Å². The van der Waals surface area contributed by atoms with E-state index in [0.717, 1.165) is 16.3 Å². The van der Waals surface area contributed by atoms with E-state index in [2.05, 4.69) is 58.5 Å². The Kier molecular flexibility index (Phi) is 2.17. The minimum Gasteiger partial charge on any atom is -0.346 e. The molecule has 1 aromatic heterocycles. The Hall–Kier alpha value is -2.26. The van der Waals surface area contributed by atoms with Crippen molar-refractivity contribution >= 4 is 44.7 Å². The van der Waals surface area contributed by atoms with Crippen molar-refractivity contribution in [1.82, 2.24) is 9.97 Å². The van der Waals surface area contributed by atoms with Crippen LogP contribution < -0.4 is 0 Å². The van der Waals surface area contributed by atoms with Gasteiger partial charge in [0.05, 0.1) is 11.8 Å². The fraction of sp³-hybridized carbons (Fsp3) is 0. The summed E-state index contributed by atoms with van der Waals surface area (Å²) >= 11 is 5.37. The highest BCUT2D eigenvalue weighted by Gasteiger charge is 2.04. The third-order valence-corrected chi connectivity index (χ3v) is 3.81. The molecule has 3 aromatic carbocycles. The quantitative estimate of drug-likeness (QED) is 0.285. The molecule has 0 saturated heterocycles. The Bertz CT molecular complexity index is 986. The number of fused-ring (bicyclic) bond motifs is 4. The molecule has 0 radical (unpaired) electrons. The molecule has 1 N–H and O–H groups in total. The third-order valence-electron chi connectivity index (χ3n) is 3.50. The van der Waals surface area contributed by atoms with Gasteiger partial charge in [-0.25, -0.2) is 4.98 Å². The molecule has 0 amide bonds. The van der Waals surface area contributed by atoms with Crippen molar-refractivity contribution in [2.24, 2.45) is 0 Å². The molecule has 0 saturated carbocycles. The molecule has 0 aliphatic carbocycles. The predicted molar refractivity (Wildman–Crippen MR) is 81.9 cm³/mol. The number of hydrogen-bond acceptors (Lipinski definition) is 2. The average Bonchev–Trinajstić information content (AvgIpc) is 2.45. The molecule has 1 heterocycles. The molecule has 0 aliphatic rings. The van der Waals surface area contributed by atoms with Gasteiger partial charge < -0.3 is 4.98 Å². The van der Waals surface area contributed by atoms with Crippen LogP contribution in [0.3, 0.4) is 0 Å². The summed E-state index contributed by atoms with van der Waals surface area (Å²) in [6.45, 7) is 0. The van der Waals surface area contributed by atoms with Gasteiger partial charge in [0.2, 0.25) is 0 Å². The van der Waals surface area contributed by atoms with Gasteiger partial charge in [-0.3, -0.25) is 0 Å². The molecule has 0 unspecified atom stereocenters. The number of aromatic nitrogens is 2. The normalized spacial score (nSPS) is 11.4. The van der Waals surface area contributed by atoms with Crippen LogP contribution in [-0.4, -0.2) is 9.97 Å². The molecule has 4 aromatic rings. The van der Waals surface area contributed by atoms with E-state index in [1.54, 1.807) is 6.33 Å². The Morgan fingerprint density at radius 1 is 0.895 bits per heavy atom. The standard InChI is InChI=1S/C16H10N2S/c19-16-15-13-8-11-4-2-1-3-10(11)7-12(13)5-6-14(15)17-9-18-16/h1-9H,(H,17,18,19). The van der Waals surface area contributed by atoms with Crippen molar-refractivity contribution in [3.05, 3.63) is 59.5 Å². The Morgan fingerprint density at radius 2 is 1.68 bits per heavy atom. The average molecular weight is 262 g/mol. The highest BCUT2D eigenvalue weighted by atomic mass is 32.1. The number of hydrogen-bond donors (Lipinski definition) is 1. The van der Waals surface area contributed by atoms with Crippen LogP contribution in [-0.2, 0) is 0 Å². The van der Waals surface area contributed by atoms with Gasteiger partial charge in [0.15, 0.2) is 0 Å². The van der Waals surface area contributed by atoms with E-state index in [1.165, 1.54) is 16.2 Å². The molecule has 3 heteroatoms. The van der Waals surface area contributed by atoms with Crippen LogP contribution in [0, 0.1) is 4.64 Å². The molecule has 19 heavy (non-hydrogen) atoms. The minimum absolute atomic E-state index is 0.648. The minimum atomic E-state index is 0.648. The van der Waals surface area contributed by atoms with Gasteiger partial charge in [0.1, 0.15) is 4.64 Å². The summed E-state index contributed by atoms with van der Waals surface area (Å²) in [5.74, 6) is 0. The highest BCUT2D eigenvalue weighted by Crippen LogP contribution is 2.28. The summed E-state index contributed by atoms with van der Waals surface area (Å²) in [5, 5.41) is 5.85. The van der Waals surface area contributed by atoms with Gasteiger partial charge >= 0.3 is 0 Å². The predicted octanol–water partition coefficient (Wildman–Crippen LogP) is 4.60. The summed E-state index contributed by atoms with van der Waals surface area (Å²) in [6, 6.07) is 16.9. The Morgan fingerprint density at radius 3 is 2.53 bits per heavy atom. The maximum atomic E-state index is 5.37. The molecular weight excluding hydrogens is 252 g/mol. The lowest BCUT2D eigenvalue weighted by molar-refractivity contribution is 1.21. The number of nitrogens with zero attached hydrogens (tertiary/aromatic N) is 1. The molecule has 2 nitrogen and oxygen atoms in total. The van der Waals surface area contributed by atoms with Crippen molar-refractivity contribution in [3.8, 4) is 0 Å². The van der Waals surface area contributed by atoms with E-state index in [4.69, 9.17) is 12.2 Å². The van der Waals surface area contributed by atoms with Crippen LogP contribution in [0.1, 0.15) is 0 Å². The maximum absolute atomic E-state index is 5.37. The largest absolute Gasteiger partial charge is 0.346 e. The van der Waals surface area contributed by atoms with Crippen molar-refractivity contribution in [3.63, 3.8) is 0 Å². The monoisotopic (exact) mass is 262 g/mol. The van der Waals surface area contributed by atoms with Gasteiger partial charge in [-0.05, 0) is 39.7 Å². The maximum Gasteiger partial charge on any atom is 0.137 e. The molecule has 0 bridgehead atoms. The van der Waals surface area contributed by atoms with E-state index in [1.807, 2.05) is 0 Å². The summed E-state index contributed by atoms with van der Waals surface area (Å²) < 4.78 is 0.648. The lowest BCUT2D eigenvalue weighted by Crippen LogP contribution is -1.85. The van der Waals surface area contributed by atoms with Crippen LogP contribution in [0.2, 0.25) is 0 Å². The van der Waals surface area contributed by atoms with Gasteiger partial charge in [-0.2, -0.15) is 0 Å². The lowest BCUT2D eigenvalue weighted by Gasteiger charge is -2.06. The smallest absolute Gasteiger partial charge is 0.137 e. The second-order valence-electron chi connectivity index (χ2n) is 4.62. The molecule has 4 rings (SSSR count). The first kappa shape index (κ1) is 10.6. The van der Waals surface area contributed by atoms with Crippen molar-refractivity contribution in [2.75, 3.05) is 0 Å². The number of nitrogens with one attached hydrogen (secondary N) is 1. The Labute approximate surface area is 114 Å². The summed E-state index contributed by atoms with van der Waals surface area (Å²) in [7, 11) is 0. The molecular formula is C16H10N2S. The fourth-order valence-corrected chi connectivity index (χ4v) is 2.86. The van der Waals surface area contributed by atoms with E-state index in [9.17, 15) is 0 Å². The zero-order valence-corrected chi connectivity index (χ0v) is 10.9. The van der Waals surface area contributed by atoms with Crippen LogP contribution in [0.25, 0.3) is 32.4 Å². The first-order valence-electron chi connectivity index (χ1n) is 6.12. The van der Waals surface area contributed by atoms with Crippen LogP contribution in [0.5, 0.6) is 0 Å². The van der Waals surface area contributed by atoms with E-state index >= 15 is 0 Å². The van der Waals surface area contributed by atoms with Gasteiger partial charge in [0.25, 0.3) is 0 Å². The molecule has 0 aliphatic heterocycles. The number of aromatic amines is 1. The van der Waals surface area contributed by atoms with Crippen molar-refractivity contribution in [1.29, 1.82) is 0 Å². The van der Waals surface area contributed by atoms with Crippen molar-refractivity contribution < 1.29 is 0 Å². The van der Waals surface area contributed by atoms with Gasteiger partial charge in [-0.1, -0.05) is 42.5 Å². The molecule has 90 valence electrons. The van der Waals surface area contributed by atoms with E-state index in [0.29, 0.717) is 4.64 Å². The van der Waals surface area contributed by atoms with Gasteiger partial charge in [-0.15, -0.1) is 0 Å². The molecule has 0 atom stereocenters. The van der Waals surface area contributed by atoms with Crippen LogP contribution in [0.4, 0.5) is 0 Å². The van der Waals surface area contributed by atoms with Crippen LogP contribution in [0.15, 0.2) is 54.9 Å². The topological polar surface area (TPSA) is 28.7 Å². The summed E-state index contributed by atoms with van der Waals surface area (Å²) in [4.78, 5) is 7.35. The highest BCUT2D eigenvalue weighted by molar-refractivity contribution is 7.71. The molecule has 0 fully saturated rings. The first-order valence-corrected chi connectivity index (χ1v) is 6.53. The SMILES string of the molecule is S=c1nc[nH]c2ccc3cc4ccccc4cc3c12. The second kappa shape index (κ2) is 3.87. The number of rotatable bonds is 0. The lowest BCUT2D eigenvalue weighted by atomic mass is 10.0. The summed E-state index contributed by atoms with van der Waals surface area (Å²) in [6.07, 6.45) is 1.65. The summed E-state index contributed by atoms with van der Waals surface area (Å²) in [5.41, 5.74) is 1.03. The molecule has 0 spiro atoms. The fourth-order valence-electron chi connectivity index (χ4n) is 2.59. The van der Waals surface area contributed by atoms with E-state index < -0.39 is 0 Å². The number of H-pyrrole nitrogens is 1. The zero-order valence-electron chi connectivity index (χ0n) is 10.1. The van der Waals surface area contributed by atoms with Crippen molar-refractivity contribution in [2.45, 2.75) is 0 Å². The third kappa shape index (κ3) is 1.55. The van der Waals surface area contributed by atoms with Gasteiger partial charge in [0, 0.05) is 5.39 Å². The Balaban J connectivity index is 2.32. The number of benzene rings is 3. The van der Waals surface area contributed by atoms with E-state index in [-0.39, 0.29) is 0 Å². The first-order chi connectivity index (χ1) is 9.33. The second-order valence-corrected chi connectivity index (χ2v) is 5.00.